The highest BCUT2D eigenvalue weighted by Gasteiger charge is 2.58. The Hall–Kier alpha value is -2.15. The van der Waals surface area contributed by atoms with Crippen LogP contribution in [0.2, 0.25) is 0 Å². The van der Waals surface area contributed by atoms with E-state index in [1.807, 2.05) is 0 Å². The number of aromatic nitrogens is 4. The second-order valence-corrected chi connectivity index (χ2v) is 9.20. The van der Waals surface area contributed by atoms with Crippen molar-refractivity contribution in [2.45, 2.75) is 49.8 Å². The Labute approximate surface area is 169 Å². The third kappa shape index (κ3) is 2.96. The standard InChI is InChI=1S/C21H25N5OS/c1-13(2)19-24-25-20(27-19)16-11-21(16)6-8-26(9-7-21)18-15-10-14(28-3)4-5-17(15)22-12-23-18/h4-5,10,12-13,16H,6-9,11H2,1-3H3. The van der Waals surface area contributed by atoms with Crippen molar-refractivity contribution in [2.24, 2.45) is 5.41 Å². The van der Waals surface area contributed by atoms with Crippen LogP contribution in [0.1, 0.15) is 56.7 Å². The molecule has 3 aromatic rings. The molecule has 2 fully saturated rings. The van der Waals surface area contributed by atoms with Gasteiger partial charge in [0.15, 0.2) is 0 Å². The largest absolute Gasteiger partial charge is 0.425 e. The highest BCUT2D eigenvalue weighted by molar-refractivity contribution is 7.98. The number of hydrogen-bond donors (Lipinski definition) is 0. The molecule has 6 nitrogen and oxygen atoms in total. The van der Waals surface area contributed by atoms with E-state index in [-0.39, 0.29) is 5.92 Å². The van der Waals surface area contributed by atoms with Crippen LogP contribution < -0.4 is 4.90 Å². The maximum absolute atomic E-state index is 5.93. The summed E-state index contributed by atoms with van der Waals surface area (Å²) in [5.74, 6) is 3.38. The minimum atomic E-state index is 0.287. The Balaban J connectivity index is 1.33. The van der Waals surface area contributed by atoms with Crippen LogP contribution in [0.4, 0.5) is 5.82 Å². The summed E-state index contributed by atoms with van der Waals surface area (Å²) in [6, 6.07) is 6.43. The Morgan fingerprint density at radius 3 is 2.71 bits per heavy atom. The summed E-state index contributed by atoms with van der Waals surface area (Å²) in [5.41, 5.74) is 1.35. The van der Waals surface area contributed by atoms with Crippen LogP contribution in [0, 0.1) is 5.41 Å². The molecule has 146 valence electrons. The van der Waals surface area contributed by atoms with Crippen molar-refractivity contribution in [1.29, 1.82) is 0 Å². The van der Waals surface area contributed by atoms with Crippen molar-refractivity contribution in [3.8, 4) is 0 Å². The van der Waals surface area contributed by atoms with Crippen molar-refractivity contribution < 1.29 is 4.42 Å². The molecule has 1 aliphatic heterocycles. The van der Waals surface area contributed by atoms with Crippen molar-refractivity contribution >= 4 is 28.5 Å². The molecule has 3 heterocycles. The number of piperidine rings is 1. The van der Waals surface area contributed by atoms with E-state index in [0.29, 0.717) is 11.3 Å². The van der Waals surface area contributed by atoms with Crippen molar-refractivity contribution in [2.75, 3.05) is 24.2 Å². The second kappa shape index (κ2) is 6.72. The molecule has 0 amide bonds. The molecule has 1 unspecified atom stereocenters. The van der Waals surface area contributed by atoms with E-state index in [0.717, 1.165) is 54.4 Å². The van der Waals surface area contributed by atoms with Gasteiger partial charge in [0, 0.05) is 35.2 Å². The molecule has 1 spiro atoms. The predicted octanol–water partition coefficient (Wildman–Crippen LogP) is 4.63. The monoisotopic (exact) mass is 395 g/mol. The SMILES string of the molecule is CSc1ccc2ncnc(N3CCC4(CC3)CC4c3nnc(C(C)C)o3)c2c1. The lowest BCUT2D eigenvalue weighted by Crippen LogP contribution is -2.35. The lowest BCUT2D eigenvalue weighted by Gasteiger charge is -2.34. The minimum Gasteiger partial charge on any atom is -0.425 e. The fourth-order valence-electron chi connectivity index (χ4n) is 4.44. The van der Waals surface area contributed by atoms with Crippen molar-refractivity contribution in [1.82, 2.24) is 20.2 Å². The molecule has 5 rings (SSSR count). The molecular formula is C21H25N5OS. The first-order valence-corrected chi connectivity index (χ1v) is 11.2. The fraction of sp³-hybridized carbons (Fsp3) is 0.524. The molecule has 2 aliphatic rings. The summed E-state index contributed by atoms with van der Waals surface area (Å²) in [4.78, 5) is 12.8. The molecule has 0 N–H and O–H groups in total. The topological polar surface area (TPSA) is 67.9 Å². The lowest BCUT2D eigenvalue weighted by atomic mass is 9.90. The average molecular weight is 396 g/mol. The second-order valence-electron chi connectivity index (χ2n) is 8.32. The molecule has 1 atom stereocenters. The Morgan fingerprint density at radius 1 is 1.18 bits per heavy atom. The van der Waals surface area contributed by atoms with Crippen molar-refractivity contribution in [3.63, 3.8) is 0 Å². The van der Waals surface area contributed by atoms with E-state index in [2.05, 4.69) is 63.4 Å². The molecule has 0 bridgehead atoms. The number of fused-ring (bicyclic) bond motifs is 1. The quantitative estimate of drug-likeness (QED) is 0.596. The van der Waals surface area contributed by atoms with Gasteiger partial charge in [-0.1, -0.05) is 13.8 Å². The van der Waals surface area contributed by atoms with E-state index >= 15 is 0 Å². The Kier molecular flexibility index (Phi) is 4.30. The van der Waals surface area contributed by atoms with E-state index in [1.165, 1.54) is 11.3 Å². The van der Waals surface area contributed by atoms with Gasteiger partial charge in [-0.25, -0.2) is 9.97 Å². The zero-order valence-electron chi connectivity index (χ0n) is 16.6. The molecular weight excluding hydrogens is 370 g/mol. The first-order chi connectivity index (χ1) is 13.6. The van der Waals surface area contributed by atoms with Gasteiger partial charge in [0.2, 0.25) is 11.8 Å². The van der Waals surface area contributed by atoms with Crippen LogP contribution in [0.3, 0.4) is 0 Å². The maximum atomic E-state index is 5.93. The molecule has 1 aromatic carbocycles. The molecule has 28 heavy (non-hydrogen) atoms. The summed E-state index contributed by atoms with van der Waals surface area (Å²) in [7, 11) is 0. The molecule has 0 radical (unpaired) electrons. The van der Waals surface area contributed by atoms with Gasteiger partial charge in [-0.2, -0.15) is 0 Å². The zero-order valence-corrected chi connectivity index (χ0v) is 17.4. The van der Waals surface area contributed by atoms with Gasteiger partial charge in [-0.05, 0) is 49.1 Å². The highest BCUT2D eigenvalue weighted by Crippen LogP contribution is 2.64. The van der Waals surface area contributed by atoms with Crippen LogP contribution >= 0.6 is 11.8 Å². The van der Waals surface area contributed by atoms with Crippen LogP contribution in [-0.2, 0) is 0 Å². The van der Waals surface area contributed by atoms with Crippen LogP contribution in [0.5, 0.6) is 0 Å². The third-order valence-corrected chi connectivity index (χ3v) is 7.04. The van der Waals surface area contributed by atoms with Crippen LogP contribution in [-0.4, -0.2) is 39.5 Å². The number of rotatable bonds is 4. The molecule has 1 aliphatic carbocycles. The fourth-order valence-corrected chi connectivity index (χ4v) is 4.87. The van der Waals surface area contributed by atoms with Crippen molar-refractivity contribution in [3.05, 3.63) is 36.3 Å². The highest BCUT2D eigenvalue weighted by atomic mass is 32.2. The van der Waals surface area contributed by atoms with Gasteiger partial charge in [-0.15, -0.1) is 22.0 Å². The van der Waals surface area contributed by atoms with Gasteiger partial charge in [0.1, 0.15) is 12.1 Å². The van der Waals surface area contributed by atoms with Gasteiger partial charge < -0.3 is 9.32 Å². The summed E-state index contributed by atoms with van der Waals surface area (Å²) in [6.07, 6.45) is 7.24. The number of anilines is 1. The molecule has 1 saturated heterocycles. The van der Waals surface area contributed by atoms with Crippen LogP contribution in [0.25, 0.3) is 10.9 Å². The van der Waals surface area contributed by atoms with Gasteiger partial charge in [-0.3, -0.25) is 0 Å². The minimum absolute atomic E-state index is 0.287. The smallest absolute Gasteiger partial charge is 0.220 e. The first-order valence-electron chi connectivity index (χ1n) is 9.97. The van der Waals surface area contributed by atoms with E-state index in [4.69, 9.17) is 4.42 Å². The third-order valence-electron chi connectivity index (χ3n) is 6.32. The molecule has 1 saturated carbocycles. The van der Waals surface area contributed by atoms with Gasteiger partial charge in [0.05, 0.1) is 5.52 Å². The molecule has 2 aromatic heterocycles. The first kappa shape index (κ1) is 17.9. The Bertz CT molecular complexity index is 1010. The normalized spacial score (nSPS) is 21.0. The van der Waals surface area contributed by atoms with E-state index in [9.17, 15) is 0 Å². The van der Waals surface area contributed by atoms with Gasteiger partial charge >= 0.3 is 0 Å². The predicted molar refractivity (Wildman–Crippen MR) is 111 cm³/mol. The lowest BCUT2D eigenvalue weighted by molar-refractivity contribution is 0.344. The number of benzene rings is 1. The van der Waals surface area contributed by atoms with E-state index in [1.54, 1.807) is 18.1 Å². The number of hydrogen-bond acceptors (Lipinski definition) is 7. The summed E-state index contributed by atoms with van der Waals surface area (Å²) >= 11 is 1.75. The van der Waals surface area contributed by atoms with Gasteiger partial charge in [0.25, 0.3) is 0 Å². The van der Waals surface area contributed by atoms with E-state index < -0.39 is 0 Å². The van der Waals surface area contributed by atoms with Crippen LogP contribution in [0.15, 0.2) is 33.8 Å². The molecule has 7 heteroatoms. The number of thioether (sulfide) groups is 1. The maximum Gasteiger partial charge on any atom is 0.220 e. The number of nitrogens with zero attached hydrogens (tertiary/aromatic N) is 5. The average Bonchev–Trinajstić information content (AvgIpc) is 3.18. The summed E-state index contributed by atoms with van der Waals surface area (Å²) in [6.45, 7) is 6.20. The summed E-state index contributed by atoms with van der Waals surface area (Å²) < 4.78 is 5.93. The zero-order chi connectivity index (χ0) is 19.3. The Morgan fingerprint density at radius 2 is 2.00 bits per heavy atom. The summed E-state index contributed by atoms with van der Waals surface area (Å²) in [5, 5.41) is 9.70.